The van der Waals surface area contributed by atoms with E-state index in [9.17, 15) is 8.42 Å². The molecule has 11 heteroatoms. The molecule has 0 saturated heterocycles. The first-order valence-electron chi connectivity index (χ1n) is 4.42. The zero-order chi connectivity index (χ0) is 11.3. The van der Waals surface area contributed by atoms with Gasteiger partial charge in [0.1, 0.15) is 0 Å². The van der Waals surface area contributed by atoms with Gasteiger partial charge in [-0.25, -0.2) is 4.68 Å². The molecule has 0 bridgehead atoms. The van der Waals surface area contributed by atoms with Crippen molar-refractivity contribution in [2.75, 3.05) is 5.75 Å². The average molecular weight is 298 g/mol. The number of nitrogens with zero attached hydrogens (tertiary/aromatic N) is 3. The van der Waals surface area contributed by atoms with Crippen LogP contribution in [0, 0.1) is 4.77 Å². The second kappa shape index (κ2) is 10.0. The fourth-order valence-electron chi connectivity index (χ4n) is 1.09. The third-order valence-corrected chi connectivity index (χ3v) is 2.92. The first kappa shape index (κ1) is 20.5. The fraction of sp³-hybridized carbons (Fsp3) is 0.833. The number of hydrogen-bond acceptors (Lipinski definition) is 5. The zero-order valence-electron chi connectivity index (χ0n) is 9.96. The zero-order valence-corrected chi connectivity index (χ0v) is 15.6. The van der Waals surface area contributed by atoms with E-state index >= 15 is 0 Å². The van der Waals surface area contributed by atoms with Crippen LogP contribution < -0.4 is 59.1 Å². The van der Waals surface area contributed by atoms with E-state index in [2.05, 4.69) is 15.5 Å². The molecule has 1 aromatic heterocycles. The number of aryl methyl sites for hydroxylation is 1. The van der Waals surface area contributed by atoms with Gasteiger partial charge in [0.05, 0.1) is 5.75 Å². The summed E-state index contributed by atoms with van der Waals surface area (Å²) in [6.45, 7) is 0.622. The molecule has 0 aliphatic heterocycles. The molecule has 7 nitrogen and oxygen atoms in total. The van der Waals surface area contributed by atoms with Crippen molar-refractivity contribution in [1.82, 2.24) is 20.2 Å². The van der Waals surface area contributed by atoms with Crippen LogP contribution in [0.4, 0.5) is 0 Å². The molecule has 0 spiro atoms. The predicted molar refractivity (Wildman–Crippen MR) is 55.5 cm³/mol. The van der Waals surface area contributed by atoms with Crippen LogP contribution in [0.15, 0.2) is 0 Å². The van der Waals surface area contributed by atoms with Gasteiger partial charge in [0.15, 0.2) is 0 Å². The van der Waals surface area contributed by atoms with Crippen molar-refractivity contribution in [1.29, 1.82) is 0 Å². The number of aromatic amines is 1. The monoisotopic (exact) mass is 298 g/mol. The normalized spacial score (nSPS) is 10.4. The molecule has 0 amide bonds. The fourth-order valence-corrected chi connectivity index (χ4v) is 1.83. The van der Waals surface area contributed by atoms with Crippen LogP contribution in [0.25, 0.3) is 0 Å². The minimum absolute atomic E-state index is 0. The van der Waals surface area contributed by atoms with Gasteiger partial charge in [-0.1, -0.05) is 16.7 Å². The van der Waals surface area contributed by atoms with E-state index in [0.29, 0.717) is 24.2 Å². The summed E-state index contributed by atoms with van der Waals surface area (Å²) in [5.74, 6) is -0.195. The molecule has 0 fully saturated rings. The second-order valence-electron chi connectivity index (χ2n) is 3.08. The summed E-state index contributed by atoms with van der Waals surface area (Å²) in [6, 6.07) is 0. The van der Waals surface area contributed by atoms with Crippen molar-refractivity contribution in [3.8, 4) is 0 Å². The molecule has 2 N–H and O–H groups in total. The molecule has 1 heterocycles. The van der Waals surface area contributed by atoms with E-state index in [0.717, 1.165) is 6.42 Å². The summed E-state index contributed by atoms with van der Waals surface area (Å²) in [7, 11) is -3.83. The molecule has 1 rings (SSSR count). The van der Waals surface area contributed by atoms with E-state index in [1.54, 1.807) is 4.68 Å². The summed E-state index contributed by atoms with van der Waals surface area (Å²) < 4.78 is 31.2. The summed E-state index contributed by atoms with van der Waals surface area (Å²) in [5.41, 5.74) is 0. The molecule has 1 aromatic rings. The maximum Gasteiger partial charge on any atom is 1.00 e. The van der Waals surface area contributed by atoms with Crippen molar-refractivity contribution in [3.63, 3.8) is 0 Å². The largest absolute Gasteiger partial charge is 1.00 e. The number of rotatable bonds is 6. The number of unbranched alkanes of at least 4 members (excludes halogenated alkanes) is 2. The molecule has 0 atom stereocenters. The van der Waals surface area contributed by atoms with Crippen molar-refractivity contribution < 1.29 is 72.1 Å². The SMILES string of the molecule is O=S(=O)(O)CCCCCn1[nH]nnc1=S.[Na+].[Na+]. The molecule has 86 valence electrons. The number of H-pyrrole nitrogens is 1. The summed E-state index contributed by atoms with van der Waals surface area (Å²) in [6.07, 6.45) is 1.89. The van der Waals surface area contributed by atoms with Gasteiger partial charge in [-0.3, -0.25) is 4.55 Å². The summed E-state index contributed by atoms with van der Waals surface area (Å²) in [5, 5.41) is 9.70. The number of tetrazole rings is 1. The van der Waals surface area contributed by atoms with Gasteiger partial charge in [0.2, 0.25) is 4.77 Å². The quantitative estimate of drug-likeness (QED) is 0.235. The minimum atomic E-state index is -3.83. The molecule has 0 aliphatic rings. The van der Waals surface area contributed by atoms with Crippen LogP contribution in [0.5, 0.6) is 0 Å². The van der Waals surface area contributed by atoms with Gasteiger partial charge in [-0.2, -0.15) is 13.6 Å². The third kappa shape index (κ3) is 9.74. The first-order chi connectivity index (χ1) is 6.99. The van der Waals surface area contributed by atoms with E-state index in [4.69, 9.17) is 16.8 Å². The van der Waals surface area contributed by atoms with Gasteiger partial charge in [-0.05, 0) is 25.1 Å². The Morgan fingerprint density at radius 1 is 1.29 bits per heavy atom. The third-order valence-electron chi connectivity index (χ3n) is 1.82. The Morgan fingerprint density at radius 2 is 1.94 bits per heavy atom. The molecule has 0 radical (unpaired) electrons. The van der Waals surface area contributed by atoms with Crippen molar-refractivity contribution in [2.45, 2.75) is 25.8 Å². The van der Waals surface area contributed by atoms with E-state index in [1.165, 1.54) is 0 Å². The van der Waals surface area contributed by atoms with E-state index in [-0.39, 0.29) is 64.9 Å². The molecule has 0 aromatic carbocycles. The standard InChI is InChI=1S/C6H12N4O3S2.2Na/c11-15(12,13)5-3-1-2-4-10-6(14)7-8-9-10;;/h1-5H2,(H,7,9,14)(H,11,12,13);;/q;2*+1. The van der Waals surface area contributed by atoms with Crippen LogP contribution >= 0.6 is 12.2 Å². The molecule has 0 aliphatic carbocycles. The predicted octanol–water partition coefficient (Wildman–Crippen LogP) is -5.60. The Hall–Kier alpha value is 1.20. The Labute approximate surface area is 149 Å². The topological polar surface area (TPSA) is 101 Å². The van der Waals surface area contributed by atoms with E-state index in [1.807, 2.05) is 0 Å². The van der Waals surface area contributed by atoms with Crippen LogP contribution in [0.1, 0.15) is 19.3 Å². The molecular formula is C6H12N4Na2O3S2+2. The van der Waals surface area contributed by atoms with Crippen molar-refractivity contribution in [2.24, 2.45) is 0 Å². The van der Waals surface area contributed by atoms with Gasteiger partial charge in [0, 0.05) is 6.54 Å². The molecular weight excluding hydrogens is 286 g/mol. The van der Waals surface area contributed by atoms with Gasteiger partial charge in [-0.15, -0.1) is 0 Å². The number of hydrogen-bond donors (Lipinski definition) is 2. The van der Waals surface area contributed by atoms with Crippen LogP contribution in [0.2, 0.25) is 0 Å². The van der Waals surface area contributed by atoms with Gasteiger partial charge < -0.3 is 0 Å². The Kier molecular flexibility index (Phi) is 12.1. The van der Waals surface area contributed by atoms with Gasteiger partial charge >= 0.3 is 59.1 Å². The summed E-state index contributed by atoms with van der Waals surface area (Å²) >= 11 is 4.84. The molecule has 0 unspecified atom stereocenters. The molecule has 17 heavy (non-hydrogen) atoms. The number of nitrogens with one attached hydrogen (secondary N) is 1. The van der Waals surface area contributed by atoms with Crippen LogP contribution in [0.3, 0.4) is 0 Å². The Bertz CT molecular complexity index is 458. The average Bonchev–Trinajstić information content (AvgIpc) is 2.49. The smallest absolute Gasteiger partial charge is 0.286 e. The van der Waals surface area contributed by atoms with E-state index < -0.39 is 10.1 Å². The van der Waals surface area contributed by atoms with Gasteiger partial charge in [0.25, 0.3) is 10.1 Å². The van der Waals surface area contributed by atoms with Crippen LogP contribution in [-0.2, 0) is 16.7 Å². The van der Waals surface area contributed by atoms with Crippen molar-refractivity contribution >= 4 is 22.3 Å². The van der Waals surface area contributed by atoms with Crippen molar-refractivity contribution in [3.05, 3.63) is 4.77 Å². The number of aromatic nitrogens is 4. The Morgan fingerprint density at radius 3 is 2.41 bits per heavy atom. The second-order valence-corrected chi connectivity index (χ2v) is 5.02. The molecule has 0 saturated carbocycles. The maximum absolute atomic E-state index is 10.4. The first-order valence-corrected chi connectivity index (χ1v) is 6.44. The summed E-state index contributed by atoms with van der Waals surface area (Å²) in [4.78, 5) is 0. The Balaban J connectivity index is 0. The minimum Gasteiger partial charge on any atom is -0.286 e. The maximum atomic E-state index is 10.4. The van der Waals surface area contributed by atoms with Crippen LogP contribution in [-0.4, -0.2) is 38.9 Å².